The molecule has 1 aromatic heterocycles. The van der Waals surface area contributed by atoms with Crippen LogP contribution < -0.4 is 15.8 Å². The van der Waals surface area contributed by atoms with E-state index in [0.717, 1.165) is 18.5 Å². The number of aliphatic hydroxyl groups is 1. The van der Waals surface area contributed by atoms with Gasteiger partial charge in [0.25, 0.3) is 0 Å². The Morgan fingerprint density at radius 3 is 2.88 bits per heavy atom. The first kappa shape index (κ1) is 13.7. The van der Waals surface area contributed by atoms with Gasteiger partial charge in [0.1, 0.15) is 0 Å². The highest BCUT2D eigenvalue weighted by molar-refractivity contribution is 5.46. The lowest BCUT2D eigenvalue weighted by Crippen LogP contribution is -2.26. The summed E-state index contributed by atoms with van der Waals surface area (Å²) in [4.78, 5) is 4.37. The lowest BCUT2D eigenvalue weighted by atomic mass is 10.1. The van der Waals surface area contributed by atoms with E-state index in [0.29, 0.717) is 18.1 Å². The summed E-state index contributed by atoms with van der Waals surface area (Å²) in [7, 11) is 1.58. The number of hydrogen-bond donors (Lipinski definition) is 3. The highest BCUT2D eigenvalue weighted by Gasteiger charge is 2.15. The molecule has 1 unspecified atom stereocenters. The second-order valence-electron chi connectivity index (χ2n) is 3.85. The molecule has 0 aliphatic heterocycles. The zero-order chi connectivity index (χ0) is 12.7. The van der Waals surface area contributed by atoms with Crippen LogP contribution >= 0.6 is 0 Å². The number of anilines is 1. The molecule has 0 saturated heterocycles. The van der Waals surface area contributed by atoms with Crippen LogP contribution in [0.1, 0.15) is 31.5 Å². The third kappa shape index (κ3) is 3.87. The van der Waals surface area contributed by atoms with E-state index in [4.69, 9.17) is 15.6 Å². The fourth-order valence-corrected chi connectivity index (χ4v) is 1.72. The molecule has 0 radical (unpaired) electrons. The molecule has 96 valence electrons. The fourth-order valence-electron chi connectivity index (χ4n) is 1.72. The monoisotopic (exact) mass is 239 g/mol. The first-order valence-electron chi connectivity index (χ1n) is 5.87. The Balaban J connectivity index is 2.90. The van der Waals surface area contributed by atoms with Crippen LogP contribution in [-0.2, 0) is 0 Å². The van der Waals surface area contributed by atoms with Crippen LogP contribution in [0.25, 0.3) is 0 Å². The summed E-state index contributed by atoms with van der Waals surface area (Å²) < 4.78 is 5.10. The quantitative estimate of drug-likeness (QED) is 0.664. The smallest absolute Gasteiger partial charge is 0.213 e. The van der Waals surface area contributed by atoms with Gasteiger partial charge < -0.3 is 20.9 Å². The van der Waals surface area contributed by atoms with Crippen molar-refractivity contribution >= 4 is 5.69 Å². The van der Waals surface area contributed by atoms with Crippen LogP contribution in [0, 0.1) is 0 Å². The van der Waals surface area contributed by atoms with Gasteiger partial charge in [0.2, 0.25) is 5.88 Å². The molecule has 0 aliphatic carbocycles. The van der Waals surface area contributed by atoms with Crippen LogP contribution in [0.4, 0.5) is 5.69 Å². The number of nitrogens with zero attached hydrogens (tertiary/aromatic N) is 1. The van der Waals surface area contributed by atoms with Gasteiger partial charge in [-0.05, 0) is 12.5 Å². The van der Waals surface area contributed by atoms with Gasteiger partial charge in [0.15, 0.2) is 0 Å². The lowest BCUT2D eigenvalue weighted by molar-refractivity contribution is 0.281. The minimum absolute atomic E-state index is 0.0576. The topological polar surface area (TPSA) is 80.4 Å². The van der Waals surface area contributed by atoms with Crippen molar-refractivity contribution in [1.82, 2.24) is 10.3 Å². The Labute approximate surface area is 102 Å². The molecule has 5 heteroatoms. The number of aromatic nitrogens is 1. The average molecular weight is 239 g/mol. The predicted octanol–water partition coefficient (Wildman–Crippen LogP) is 1.10. The summed E-state index contributed by atoms with van der Waals surface area (Å²) in [5.74, 6) is 0.557. The van der Waals surface area contributed by atoms with E-state index in [1.165, 1.54) is 0 Å². The van der Waals surface area contributed by atoms with Crippen molar-refractivity contribution in [2.75, 3.05) is 26.0 Å². The summed E-state index contributed by atoms with van der Waals surface area (Å²) in [5.41, 5.74) is 7.37. The number of nitrogen functional groups attached to an aromatic ring is 1. The minimum atomic E-state index is 0.0576. The van der Waals surface area contributed by atoms with Gasteiger partial charge >= 0.3 is 0 Å². The molecule has 0 aromatic carbocycles. The van der Waals surface area contributed by atoms with Gasteiger partial charge in [-0.3, -0.25) is 0 Å². The van der Waals surface area contributed by atoms with Gasteiger partial charge in [-0.15, -0.1) is 0 Å². The van der Waals surface area contributed by atoms with E-state index >= 15 is 0 Å². The second kappa shape index (κ2) is 7.09. The fraction of sp³-hybridized carbons (Fsp3) is 0.583. The summed E-state index contributed by atoms with van der Waals surface area (Å²) in [6.07, 6.45) is 1.94. The molecule has 5 nitrogen and oxygen atoms in total. The van der Waals surface area contributed by atoms with Crippen molar-refractivity contribution < 1.29 is 9.84 Å². The van der Waals surface area contributed by atoms with Gasteiger partial charge in [0, 0.05) is 12.6 Å². The largest absolute Gasteiger partial charge is 0.481 e. The molecule has 4 N–H and O–H groups in total. The van der Waals surface area contributed by atoms with Gasteiger partial charge in [-0.2, -0.15) is 0 Å². The van der Waals surface area contributed by atoms with Crippen molar-refractivity contribution in [3.05, 3.63) is 17.8 Å². The van der Waals surface area contributed by atoms with Crippen molar-refractivity contribution in [2.24, 2.45) is 0 Å². The number of rotatable bonds is 7. The summed E-state index contributed by atoms with van der Waals surface area (Å²) >= 11 is 0. The van der Waals surface area contributed by atoms with E-state index < -0.39 is 0 Å². The van der Waals surface area contributed by atoms with Crippen LogP contribution in [0.3, 0.4) is 0 Å². The van der Waals surface area contributed by atoms with Crippen LogP contribution in [0.2, 0.25) is 0 Å². The second-order valence-corrected chi connectivity index (χ2v) is 3.85. The number of nitrogens with one attached hydrogen (secondary N) is 1. The summed E-state index contributed by atoms with van der Waals surface area (Å²) in [6.45, 7) is 2.73. The molecule has 1 aromatic rings. The maximum Gasteiger partial charge on any atom is 0.213 e. The molecule has 0 amide bonds. The normalized spacial score (nSPS) is 12.4. The molecule has 0 fully saturated rings. The maximum absolute atomic E-state index is 8.86. The molecule has 0 spiro atoms. The molecular formula is C12H21N3O2. The van der Waals surface area contributed by atoms with E-state index in [1.807, 2.05) is 0 Å². The highest BCUT2D eigenvalue weighted by atomic mass is 16.5. The maximum atomic E-state index is 8.86. The SMILES string of the molecule is CCCC(NCCO)c1nc(OC)ccc1N. The molecule has 1 rings (SSSR count). The Morgan fingerprint density at radius 1 is 1.53 bits per heavy atom. The van der Waals surface area contributed by atoms with Crippen LogP contribution in [0.15, 0.2) is 12.1 Å². The summed E-state index contributed by atoms with van der Waals surface area (Å²) in [6, 6.07) is 3.60. The third-order valence-electron chi connectivity index (χ3n) is 2.55. The molecular weight excluding hydrogens is 218 g/mol. The van der Waals surface area contributed by atoms with Crippen molar-refractivity contribution in [1.29, 1.82) is 0 Å². The van der Waals surface area contributed by atoms with Gasteiger partial charge in [-0.25, -0.2) is 4.98 Å². The zero-order valence-corrected chi connectivity index (χ0v) is 10.4. The molecule has 0 aliphatic rings. The molecule has 17 heavy (non-hydrogen) atoms. The molecule has 0 bridgehead atoms. The average Bonchev–Trinajstić information content (AvgIpc) is 2.35. The van der Waals surface area contributed by atoms with Crippen LogP contribution in [-0.4, -0.2) is 30.4 Å². The van der Waals surface area contributed by atoms with E-state index in [2.05, 4.69) is 17.2 Å². The Morgan fingerprint density at radius 2 is 2.29 bits per heavy atom. The van der Waals surface area contributed by atoms with Crippen LogP contribution in [0.5, 0.6) is 5.88 Å². The van der Waals surface area contributed by atoms with Gasteiger partial charge in [-0.1, -0.05) is 13.3 Å². The predicted molar refractivity (Wildman–Crippen MR) is 67.9 cm³/mol. The van der Waals surface area contributed by atoms with E-state index in [1.54, 1.807) is 19.2 Å². The number of ether oxygens (including phenoxy) is 1. The Kier molecular flexibility index (Phi) is 5.72. The zero-order valence-electron chi connectivity index (χ0n) is 10.4. The number of aliphatic hydroxyl groups excluding tert-OH is 1. The summed E-state index contributed by atoms with van der Waals surface area (Å²) in [5, 5.41) is 12.1. The Hall–Kier alpha value is -1.33. The highest BCUT2D eigenvalue weighted by Crippen LogP contribution is 2.24. The van der Waals surface area contributed by atoms with Crippen molar-refractivity contribution in [3.8, 4) is 5.88 Å². The van der Waals surface area contributed by atoms with Crippen molar-refractivity contribution in [2.45, 2.75) is 25.8 Å². The van der Waals surface area contributed by atoms with E-state index in [-0.39, 0.29) is 12.6 Å². The standard InChI is InChI=1S/C12H21N3O2/c1-3-4-10(14-7-8-16)12-9(13)5-6-11(15-12)17-2/h5-6,10,14,16H,3-4,7-8,13H2,1-2H3. The lowest BCUT2D eigenvalue weighted by Gasteiger charge is -2.19. The van der Waals surface area contributed by atoms with Crippen molar-refractivity contribution in [3.63, 3.8) is 0 Å². The van der Waals surface area contributed by atoms with E-state index in [9.17, 15) is 0 Å². The number of methoxy groups -OCH3 is 1. The van der Waals surface area contributed by atoms with Gasteiger partial charge in [0.05, 0.1) is 31.1 Å². The number of hydrogen-bond acceptors (Lipinski definition) is 5. The molecule has 1 heterocycles. The third-order valence-corrected chi connectivity index (χ3v) is 2.55. The minimum Gasteiger partial charge on any atom is -0.481 e. The first-order chi connectivity index (χ1) is 8.22. The Bertz CT molecular complexity index is 345. The molecule has 1 atom stereocenters. The molecule has 0 saturated carbocycles. The first-order valence-corrected chi connectivity index (χ1v) is 5.87. The number of pyridine rings is 1. The number of nitrogens with two attached hydrogens (primary N) is 1.